The molecule has 56 valence electrons. The molecule has 0 aliphatic rings. The third-order valence-electron chi connectivity index (χ3n) is 0.999. The van der Waals surface area contributed by atoms with Crippen molar-refractivity contribution in [1.82, 2.24) is 0 Å². The number of hydrogen-bond acceptors (Lipinski definition) is 1. The van der Waals surface area contributed by atoms with Crippen molar-refractivity contribution in [3.05, 3.63) is 30.3 Å². The van der Waals surface area contributed by atoms with Crippen LogP contribution in [-0.2, 0) is 16.3 Å². The average molecular weight is 266 g/mol. The van der Waals surface area contributed by atoms with Gasteiger partial charge in [0, 0.05) is 5.75 Å². The van der Waals surface area contributed by atoms with Gasteiger partial charge in [-0.15, -0.1) is 12.1 Å². The molecule has 0 atom stereocenters. The Balaban J connectivity index is 0.000000461. The second-order valence-corrected chi connectivity index (χ2v) is 1.67. The molecule has 1 nitrogen and oxygen atoms in total. The van der Waals surface area contributed by atoms with Crippen LogP contribution < -0.4 is 4.74 Å². The minimum absolute atomic E-state index is 0.726. The zero-order valence-electron chi connectivity index (χ0n) is 6.51. The first-order valence-corrected chi connectivity index (χ1v) is 10.2. The molecule has 0 bridgehead atoms. The minimum atomic E-state index is 0.726. The molecule has 0 saturated carbocycles. The van der Waals surface area contributed by atoms with Gasteiger partial charge >= 0.3 is 30.0 Å². The van der Waals surface area contributed by atoms with E-state index in [0.29, 0.717) is 0 Å². The number of benzene rings is 1. The normalized spacial score (nSPS) is 8.00. The van der Waals surface area contributed by atoms with E-state index in [1.54, 1.807) is 0 Å². The monoisotopic (exact) mass is 264 g/mol. The van der Waals surface area contributed by atoms with Crippen molar-refractivity contribution < 1.29 is 21.1 Å². The van der Waals surface area contributed by atoms with Gasteiger partial charge in [0.1, 0.15) is 0 Å². The molecular formula is C8H9BrOZn. The number of rotatable bonds is 2. The molecule has 1 rings (SSSR count). The summed E-state index contributed by atoms with van der Waals surface area (Å²) in [5.74, 6) is 0.913. The van der Waals surface area contributed by atoms with E-state index < -0.39 is 0 Å². The van der Waals surface area contributed by atoms with Gasteiger partial charge in [-0.2, -0.15) is 18.2 Å². The van der Waals surface area contributed by atoms with Crippen molar-refractivity contribution in [3.63, 3.8) is 0 Å². The van der Waals surface area contributed by atoms with Crippen LogP contribution in [0.4, 0.5) is 0 Å². The summed E-state index contributed by atoms with van der Waals surface area (Å²) in [4.78, 5) is 0. The van der Waals surface area contributed by atoms with Gasteiger partial charge in [-0.05, 0) is 6.92 Å². The van der Waals surface area contributed by atoms with Crippen LogP contribution in [-0.4, -0.2) is 6.61 Å². The molecular weight excluding hydrogens is 257 g/mol. The van der Waals surface area contributed by atoms with Gasteiger partial charge in [0.05, 0.1) is 6.61 Å². The molecule has 0 amide bonds. The van der Waals surface area contributed by atoms with Crippen LogP contribution in [0.25, 0.3) is 0 Å². The molecule has 11 heavy (non-hydrogen) atoms. The molecule has 0 aliphatic heterocycles. The fraction of sp³-hybridized carbons (Fsp3) is 0.250. The van der Waals surface area contributed by atoms with E-state index >= 15 is 0 Å². The van der Waals surface area contributed by atoms with Gasteiger partial charge in [0.2, 0.25) is 0 Å². The van der Waals surface area contributed by atoms with E-state index in [1.165, 1.54) is 16.3 Å². The van der Waals surface area contributed by atoms with Crippen LogP contribution in [0, 0.1) is 6.07 Å². The Labute approximate surface area is 84.2 Å². The molecule has 0 heterocycles. The van der Waals surface area contributed by atoms with Crippen molar-refractivity contribution in [1.29, 1.82) is 0 Å². The summed E-state index contributed by atoms with van der Waals surface area (Å²) < 4.78 is 5.19. The second kappa shape index (κ2) is 8.22. The summed E-state index contributed by atoms with van der Waals surface area (Å²) in [6.07, 6.45) is 0. The molecule has 0 saturated heterocycles. The molecule has 0 fully saturated rings. The topological polar surface area (TPSA) is 9.23 Å². The van der Waals surface area contributed by atoms with E-state index in [4.69, 9.17) is 4.74 Å². The number of ether oxygens (including phenoxy) is 1. The first-order chi connectivity index (χ1) is 5.43. The van der Waals surface area contributed by atoms with Crippen molar-refractivity contribution in [2.24, 2.45) is 0 Å². The Bertz CT molecular complexity index is 167. The fourth-order valence-electron chi connectivity index (χ4n) is 0.634. The number of halogens is 1. The Morgan fingerprint density at radius 3 is 2.45 bits per heavy atom. The molecule has 0 spiro atoms. The van der Waals surface area contributed by atoms with E-state index in [-0.39, 0.29) is 0 Å². The van der Waals surface area contributed by atoms with Crippen LogP contribution in [0.5, 0.6) is 5.75 Å². The van der Waals surface area contributed by atoms with E-state index in [2.05, 4.69) is 19.7 Å². The first-order valence-electron chi connectivity index (χ1n) is 3.29. The summed E-state index contributed by atoms with van der Waals surface area (Å²) in [6.45, 7) is 2.70. The predicted octanol–water partition coefficient (Wildman–Crippen LogP) is 2.73. The van der Waals surface area contributed by atoms with Gasteiger partial charge in [0.15, 0.2) is 0 Å². The zero-order valence-corrected chi connectivity index (χ0v) is 11.1. The molecule has 1 aromatic carbocycles. The predicted molar refractivity (Wildman–Crippen MR) is 45.4 cm³/mol. The van der Waals surface area contributed by atoms with Crippen molar-refractivity contribution in [2.75, 3.05) is 6.61 Å². The van der Waals surface area contributed by atoms with Crippen LogP contribution in [0.1, 0.15) is 6.92 Å². The fourth-order valence-corrected chi connectivity index (χ4v) is 0.634. The summed E-state index contributed by atoms with van der Waals surface area (Å²) in [5, 5.41) is 0. The zero-order chi connectivity index (χ0) is 8.53. The summed E-state index contributed by atoms with van der Waals surface area (Å²) in [5.41, 5.74) is 0. The van der Waals surface area contributed by atoms with E-state index in [9.17, 15) is 0 Å². The third-order valence-corrected chi connectivity index (χ3v) is 0.999. The van der Waals surface area contributed by atoms with E-state index in [1.807, 2.05) is 31.2 Å². The van der Waals surface area contributed by atoms with Gasteiger partial charge in [-0.1, -0.05) is 0 Å². The van der Waals surface area contributed by atoms with Crippen LogP contribution in [0.3, 0.4) is 0 Å². The van der Waals surface area contributed by atoms with E-state index in [0.717, 1.165) is 12.4 Å². The Kier molecular flexibility index (Phi) is 8.31. The first kappa shape index (κ1) is 11.1. The average Bonchev–Trinajstić information content (AvgIpc) is 2.11. The molecule has 0 N–H and O–H groups in total. The molecule has 3 heteroatoms. The Hall–Kier alpha value is 0.123. The summed E-state index contributed by atoms with van der Waals surface area (Å²) in [7, 11) is 0. The van der Waals surface area contributed by atoms with Crippen molar-refractivity contribution in [2.45, 2.75) is 6.92 Å². The maximum atomic E-state index is 5.19. The molecule has 0 radical (unpaired) electrons. The SMILES string of the molecule is CCOc1cc[c-]cc1.[Zn+][Br]. The van der Waals surface area contributed by atoms with Crippen LogP contribution in [0.15, 0.2) is 24.3 Å². The maximum absolute atomic E-state index is 5.19. The molecule has 1 aromatic rings. The Morgan fingerprint density at radius 2 is 2.00 bits per heavy atom. The van der Waals surface area contributed by atoms with Crippen LogP contribution >= 0.6 is 13.6 Å². The molecule has 0 aromatic heterocycles. The van der Waals surface area contributed by atoms with Gasteiger partial charge in [-0.3, -0.25) is 0 Å². The van der Waals surface area contributed by atoms with Crippen LogP contribution in [0.2, 0.25) is 0 Å². The Morgan fingerprint density at radius 1 is 1.45 bits per heavy atom. The van der Waals surface area contributed by atoms with Gasteiger partial charge in [0.25, 0.3) is 0 Å². The molecule has 0 unspecified atom stereocenters. The second-order valence-electron chi connectivity index (χ2n) is 1.67. The summed E-state index contributed by atoms with van der Waals surface area (Å²) >= 11 is 4.25. The molecule has 0 aliphatic carbocycles. The van der Waals surface area contributed by atoms with Crippen molar-refractivity contribution >= 4 is 13.6 Å². The third kappa shape index (κ3) is 5.40. The van der Waals surface area contributed by atoms with Gasteiger partial charge < -0.3 is 4.74 Å². The standard InChI is InChI=1S/C8H9O.BrH.Zn/c1-2-9-8-6-4-3-5-7-8;;/h4-7H,2H2,1H3;1H;/q-1;;+2/p-1. The quantitative estimate of drug-likeness (QED) is 0.591. The van der Waals surface area contributed by atoms with Crippen molar-refractivity contribution in [3.8, 4) is 5.75 Å². The number of hydrogen-bond donors (Lipinski definition) is 0. The van der Waals surface area contributed by atoms with Gasteiger partial charge in [-0.25, -0.2) is 0 Å². The summed E-state index contributed by atoms with van der Waals surface area (Å²) in [6, 6.07) is 10.4.